The molecule has 6 nitrogen and oxygen atoms in total. The molecule has 0 aliphatic carbocycles. The normalized spacial score (nSPS) is 13.1. The Labute approximate surface area is 443 Å². The molecule has 0 saturated heterocycles. The van der Waals surface area contributed by atoms with Gasteiger partial charge in [0.05, 0.1) is 0 Å². The first-order valence-electron chi connectivity index (χ1n) is 29.2. The van der Waals surface area contributed by atoms with Crippen LogP contribution in [0.15, 0.2) is 134 Å². The van der Waals surface area contributed by atoms with Crippen LogP contribution in [0.1, 0.15) is 245 Å². The van der Waals surface area contributed by atoms with Gasteiger partial charge in [-0.05, 0) is 116 Å². The van der Waals surface area contributed by atoms with Gasteiger partial charge in [-0.25, -0.2) is 0 Å². The van der Waals surface area contributed by atoms with Gasteiger partial charge in [0.1, 0.15) is 13.2 Å². The SMILES string of the molecule is CC/C=C\C/C=C\C/C=C\C/C=C\C/C=C\C/C=C\CCCCCCCCC(=O)OCC(COC(=O)CCCCCCCCCC)OC(=O)CCCCCCC/C=C\C/C=C\C/C=C\C/C=C\C/C=C\CC. The number of hydrogen-bond donors (Lipinski definition) is 0. The van der Waals surface area contributed by atoms with Crippen LogP contribution in [-0.2, 0) is 28.6 Å². The van der Waals surface area contributed by atoms with Crippen molar-refractivity contribution < 1.29 is 28.6 Å². The van der Waals surface area contributed by atoms with Crippen molar-refractivity contribution >= 4 is 17.9 Å². The van der Waals surface area contributed by atoms with Gasteiger partial charge in [-0.3, -0.25) is 14.4 Å². The van der Waals surface area contributed by atoms with E-state index in [0.29, 0.717) is 19.3 Å². The maximum Gasteiger partial charge on any atom is 0.306 e. The lowest BCUT2D eigenvalue weighted by atomic mass is 10.1. The summed E-state index contributed by atoms with van der Waals surface area (Å²) in [5.74, 6) is -0.936. The monoisotopic (exact) mass is 995 g/mol. The molecule has 0 aromatic carbocycles. The lowest BCUT2D eigenvalue weighted by Crippen LogP contribution is -2.30. The highest BCUT2D eigenvalue weighted by Crippen LogP contribution is 2.14. The van der Waals surface area contributed by atoms with Gasteiger partial charge in [-0.2, -0.15) is 0 Å². The summed E-state index contributed by atoms with van der Waals surface area (Å²) in [5.41, 5.74) is 0. The van der Waals surface area contributed by atoms with Crippen LogP contribution in [0.2, 0.25) is 0 Å². The van der Waals surface area contributed by atoms with Crippen LogP contribution in [-0.4, -0.2) is 37.2 Å². The zero-order valence-corrected chi connectivity index (χ0v) is 46.4. The fourth-order valence-electron chi connectivity index (χ4n) is 7.59. The van der Waals surface area contributed by atoms with Crippen molar-refractivity contribution in [3.63, 3.8) is 0 Å². The molecule has 0 bridgehead atoms. The van der Waals surface area contributed by atoms with Gasteiger partial charge in [0.15, 0.2) is 6.10 Å². The van der Waals surface area contributed by atoms with Crippen LogP contribution in [0.3, 0.4) is 0 Å². The average molecular weight is 996 g/mol. The second-order valence-electron chi connectivity index (χ2n) is 18.8. The van der Waals surface area contributed by atoms with Crippen molar-refractivity contribution in [1.82, 2.24) is 0 Å². The minimum absolute atomic E-state index is 0.0940. The lowest BCUT2D eigenvalue weighted by molar-refractivity contribution is -0.167. The van der Waals surface area contributed by atoms with E-state index in [0.717, 1.165) is 161 Å². The van der Waals surface area contributed by atoms with E-state index in [1.807, 2.05) is 0 Å². The van der Waals surface area contributed by atoms with Crippen molar-refractivity contribution in [3.8, 4) is 0 Å². The second-order valence-corrected chi connectivity index (χ2v) is 18.8. The number of unbranched alkanes of at least 4 members (excludes halogenated alkanes) is 18. The summed E-state index contributed by atoms with van der Waals surface area (Å²) < 4.78 is 16.8. The molecule has 0 radical (unpaired) electrons. The molecule has 1 unspecified atom stereocenters. The Hall–Kier alpha value is -4.45. The molecule has 0 N–H and O–H groups in total. The van der Waals surface area contributed by atoms with E-state index in [1.165, 1.54) is 44.9 Å². The van der Waals surface area contributed by atoms with E-state index in [-0.39, 0.29) is 31.1 Å². The van der Waals surface area contributed by atoms with Crippen LogP contribution in [0.4, 0.5) is 0 Å². The number of allylic oxidation sites excluding steroid dienone is 22. The van der Waals surface area contributed by atoms with Gasteiger partial charge in [0.2, 0.25) is 0 Å². The Morgan fingerprint density at radius 3 is 0.847 bits per heavy atom. The van der Waals surface area contributed by atoms with E-state index < -0.39 is 6.10 Å². The Morgan fingerprint density at radius 1 is 0.292 bits per heavy atom. The number of carbonyl (C=O) groups excluding carboxylic acids is 3. The van der Waals surface area contributed by atoms with Crippen molar-refractivity contribution in [1.29, 1.82) is 0 Å². The van der Waals surface area contributed by atoms with E-state index in [1.54, 1.807) is 0 Å². The predicted octanol–water partition coefficient (Wildman–Crippen LogP) is 19.8. The molecule has 0 fully saturated rings. The minimum atomic E-state index is -0.798. The summed E-state index contributed by atoms with van der Waals surface area (Å²) >= 11 is 0. The van der Waals surface area contributed by atoms with Crippen molar-refractivity contribution in [2.24, 2.45) is 0 Å². The van der Waals surface area contributed by atoms with Crippen LogP contribution in [0.25, 0.3) is 0 Å². The molecule has 0 aromatic rings. The molecule has 1 atom stereocenters. The highest BCUT2D eigenvalue weighted by Gasteiger charge is 2.19. The Kier molecular flexibility index (Phi) is 55.5. The van der Waals surface area contributed by atoms with E-state index in [4.69, 9.17) is 14.2 Å². The Balaban J connectivity index is 4.33. The predicted molar refractivity (Wildman–Crippen MR) is 311 cm³/mol. The maximum absolute atomic E-state index is 12.8. The number of rotatable bonds is 51. The second kappa shape index (κ2) is 59.1. The number of hydrogen-bond acceptors (Lipinski definition) is 6. The average Bonchev–Trinajstić information content (AvgIpc) is 3.38. The third-order valence-corrected chi connectivity index (χ3v) is 11.9. The van der Waals surface area contributed by atoms with Crippen molar-refractivity contribution in [3.05, 3.63) is 134 Å². The van der Waals surface area contributed by atoms with Crippen LogP contribution >= 0.6 is 0 Å². The van der Waals surface area contributed by atoms with Crippen LogP contribution < -0.4 is 0 Å². The van der Waals surface area contributed by atoms with Gasteiger partial charge in [-0.15, -0.1) is 0 Å². The maximum atomic E-state index is 12.8. The third-order valence-electron chi connectivity index (χ3n) is 11.9. The highest BCUT2D eigenvalue weighted by molar-refractivity contribution is 5.71. The fourth-order valence-corrected chi connectivity index (χ4v) is 7.59. The molecule has 72 heavy (non-hydrogen) atoms. The van der Waals surface area contributed by atoms with Crippen molar-refractivity contribution in [2.75, 3.05) is 13.2 Å². The summed E-state index contributed by atoms with van der Waals surface area (Å²) in [6, 6.07) is 0. The van der Waals surface area contributed by atoms with E-state index >= 15 is 0 Å². The quantitative estimate of drug-likeness (QED) is 0.0261. The largest absolute Gasteiger partial charge is 0.462 e. The zero-order valence-electron chi connectivity index (χ0n) is 46.4. The first-order chi connectivity index (χ1) is 35.5. The molecular formula is C66H106O6. The molecular weight excluding hydrogens is 889 g/mol. The first kappa shape index (κ1) is 67.5. The van der Waals surface area contributed by atoms with Crippen LogP contribution in [0.5, 0.6) is 0 Å². The number of carbonyl (C=O) groups is 3. The van der Waals surface area contributed by atoms with E-state index in [9.17, 15) is 14.4 Å². The van der Waals surface area contributed by atoms with Crippen molar-refractivity contribution in [2.45, 2.75) is 252 Å². The lowest BCUT2D eigenvalue weighted by Gasteiger charge is -2.18. The molecule has 0 rings (SSSR count). The van der Waals surface area contributed by atoms with Gasteiger partial charge >= 0.3 is 17.9 Å². The molecule has 0 aliphatic rings. The fraction of sp³-hybridized carbons (Fsp3) is 0.621. The molecule has 0 heterocycles. The Bertz CT molecular complexity index is 1560. The molecule has 406 valence electrons. The molecule has 0 amide bonds. The minimum Gasteiger partial charge on any atom is -0.462 e. The van der Waals surface area contributed by atoms with E-state index in [2.05, 4.69) is 154 Å². The molecule has 0 spiro atoms. The summed E-state index contributed by atoms with van der Waals surface area (Å²) in [6.45, 7) is 6.35. The van der Waals surface area contributed by atoms with Crippen LogP contribution in [0, 0.1) is 0 Å². The number of esters is 3. The summed E-state index contributed by atoms with van der Waals surface area (Å²) in [4.78, 5) is 38.0. The molecule has 0 aromatic heterocycles. The van der Waals surface area contributed by atoms with Gasteiger partial charge in [0, 0.05) is 19.3 Å². The molecule has 0 aliphatic heterocycles. The Morgan fingerprint density at radius 2 is 0.542 bits per heavy atom. The smallest absolute Gasteiger partial charge is 0.306 e. The summed E-state index contributed by atoms with van der Waals surface area (Å²) in [7, 11) is 0. The standard InChI is InChI=1S/C66H106O6/c1-4-7-10-13-16-19-21-23-25-27-29-31-32-33-34-36-37-39-41-43-45-47-50-53-56-59-65(68)71-62-63(61-70-64(67)58-55-52-49-18-15-12-9-6-3)72-66(69)60-57-54-51-48-46-44-42-40-38-35-30-28-26-24-22-20-17-14-11-8-5-2/h7-8,10-11,16-17,19-20,23-26,29-31,33-35,37,39-40,42,63H,4-6,9,12-15,18,21-22,27-28,32,36,38,41,43-62H2,1-3H3/b10-7-,11-8-,19-16-,20-17-,25-23-,26-24-,31-29-,34-33-,35-30-,39-37-,42-40-. The zero-order chi connectivity index (χ0) is 52.2. The number of ether oxygens (including phenoxy) is 3. The molecule has 0 saturated carbocycles. The summed E-state index contributed by atoms with van der Waals surface area (Å²) in [6.07, 6.45) is 83.1. The first-order valence-corrected chi connectivity index (χ1v) is 29.2. The third kappa shape index (κ3) is 56.5. The van der Waals surface area contributed by atoms with Gasteiger partial charge in [-0.1, -0.05) is 244 Å². The summed E-state index contributed by atoms with van der Waals surface area (Å²) in [5, 5.41) is 0. The van der Waals surface area contributed by atoms with Gasteiger partial charge in [0.25, 0.3) is 0 Å². The highest BCUT2D eigenvalue weighted by atomic mass is 16.6. The molecule has 6 heteroatoms. The van der Waals surface area contributed by atoms with Gasteiger partial charge < -0.3 is 14.2 Å². The topological polar surface area (TPSA) is 78.9 Å².